The molecular weight excluding hydrogens is 362 g/mol. The monoisotopic (exact) mass is 381 g/mol. The lowest BCUT2D eigenvalue weighted by molar-refractivity contribution is 0.0958. The van der Waals surface area contributed by atoms with Crippen LogP contribution < -0.4 is 15.4 Å². The lowest BCUT2D eigenvalue weighted by atomic mass is 10.0. The highest BCUT2D eigenvalue weighted by Crippen LogP contribution is 2.31. The number of ether oxygens (including phenoxy) is 1. The fourth-order valence-corrected chi connectivity index (χ4v) is 4.13. The molecule has 27 heavy (non-hydrogen) atoms. The van der Waals surface area contributed by atoms with Gasteiger partial charge in [0.2, 0.25) is 0 Å². The number of fused-ring (bicyclic) bond motifs is 2. The Kier molecular flexibility index (Phi) is 4.77. The number of aryl methyl sites for hydroxylation is 1. The first kappa shape index (κ1) is 17.5. The SMILES string of the molecule is CCOc1ccc2ccccc2c1C(=O)Nc1nc2c(s1)C(=O)NCCC2. The van der Waals surface area contributed by atoms with Crippen LogP contribution in [0, 0.1) is 0 Å². The quantitative estimate of drug-likeness (QED) is 0.723. The zero-order chi connectivity index (χ0) is 18.8. The molecule has 0 saturated carbocycles. The highest BCUT2D eigenvalue weighted by Gasteiger charge is 2.23. The maximum atomic E-state index is 13.1. The first-order valence-electron chi connectivity index (χ1n) is 8.91. The van der Waals surface area contributed by atoms with Gasteiger partial charge in [0.15, 0.2) is 5.13 Å². The molecule has 2 amide bonds. The van der Waals surface area contributed by atoms with Gasteiger partial charge in [-0.1, -0.05) is 41.7 Å². The lowest BCUT2D eigenvalue weighted by Crippen LogP contribution is -2.21. The summed E-state index contributed by atoms with van der Waals surface area (Å²) in [5.41, 5.74) is 1.22. The predicted molar refractivity (Wildman–Crippen MR) is 106 cm³/mol. The second-order valence-corrected chi connectivity index (χ2v) is 7.20. The van der Waals surface area contributed by atoms with Gasteiger partial charge in [-0.25, -0.2) is 4.98 Å². The van der Waals surface area contributed by atoms with Crippen LogP contribution in [0.4, 0.5) is 5.13 Å². The summed E-state index contributed by atoms with van der Waals surface area (Å²) in [6.07, 6.45) is 1.56. The molecular formula is C20H19N3O3S. The molecule has 0 saturated heterocycles. The van der Waals surface area contributed by atoms with E-state index in [1.807, 2.05) is 43.3 Å². The van der Waals surface area contributed by atoms with Gasteiger partial charge in [-0.05, 0) is 36.6 Å². The third kappa shape index (κ3) is 3.38. The Labute approximate surface area is 160 Å². The molecule has 3 aromatic rings. The molecule has 1 aliphatic heterocycles. The van der Waals surface area contributed by atoms with Crippen LogP contribution in [0.25, 0.3) is 10.8 Å². The summed E-state index contributed by atoms with van der Waals surface area (Å²) in [6, 6.07) is 11.4. The molecule has 2 N–H and O–H groups in total. The molecule has 6 nitrogen and oxygen atoms in total. The van der Waals surface area contributed by atoms with Crippen LogP contribution in [0.1, 0.15) is 39.1 Å². The van der Waals surface area contributed by atoms with E-state index in [1.54, 1.807) is 0 Å². The van der Waals surface area contributed by atoms with E-state index in [1.165, 1.54) is 11.3 Å². The summed E-state index contributed by atoms with van der Waals surface area (Å²) in [5, 5.41) is 7.91. The number of anilines is 1. The number of nitrogens with one attached hydrogen (secondary N) is 2. The summed E-state index contributed by atoms with van der Waals surface area (Å²) in [7, 11) is 0. The number of nitrogens with zero attached hydrogens (tertiary/aromatic N) is 1. The molecule has 2 heterocycles. The number of hydrogen-bond acceptors (Lipinski definition) is 5. The van der Waals surface area contributed by atoms with E-state index in [0.717, 1.165) is 29.3 Å². The molecule has 1 aromatic heterocycles. The van der Waals surface area contributed by atoms with Crippen LogP contribution in [0.3, 0.4) is 0 Å². The lowest BCUT2D eigenvalue weighted by Gasteiger charge is -2.12. The Bertz CT molecular complexity index is 1030. The van der Waals surface area contributed by atoms with Gasteiger partial charge in [-0.3, -0.25) is 14.9 Å². The largest absolute Gasteiger partial charge is 0.493 e. The summed E-state index contributed by atoms with van der Waals surface area (Å²) >= 11 is 1.21. The summed E-state index contributed by atoms with van der Waals surface area (Å²) in [4.78, 5) is 30.2. The normalized spacial score (nSPS) is 13.6. The Hall–Kier alpha value is -2.93. The summed E-state index contributed by atoms with van der Waals surface area (Å²) in [5.74, 6) is 0.116. The van der Waals surface area contributed by atoms with E-state index < -0.39 is 0 Å². The Morgan fingerprint density at radius 3 is 3.00 bits per heavy atom. The third-order valence-corrected chi connectivity index (χ3v) is 5.43. The minimum atomic E-state index is -0.292. The standard InChI is InChI=1S/C20H19N3O3S/c1-2-26-15-10-9-12-6-3-4-7-13(12)16(15)18(24)23-20-22-14-8-5-11-21-19(25)17(14)27-20/h3-4,6-7,9-10H,2,5,8,11H2,1H3,(H,21,25)(H,22,23,24). The predicted octanol–water partition coefficient (Wildman–Crippen LogP) is 3.62. The smallest absolute Gasteiger partial charge is 0.263 e. The van der Waals surface area contributed by atoms with Gasteiger partial charge in [0, 0.05) is 6.54 Å². The first-order valence-corrected chi connectivity index (χ1v) is 9.73. The first-order chi connectivity index (χ1) is 13.2. The average molecular weight is 381 g/mol. The van der Waals surface area contributed by atoms with Gasteiger partial charge in [0.25, 0.3) is 11.8 Å². The number of thiazole rings is 1. The van der Waals surface area contributed by atoms with Crippen molar-refractivity contribution in [2.75, 3.05) is 18.5 Å². The van der Waals surface area contributed by atoms with Crippen molar-refractivity contribution in [2.45, 2.75) is 19.8 Å². The van der Waals surface area contributed by atoms with Crippen molar-refractivity contribution in [3.8, 4) is 5.75 Å². The molecule has 0 radical (unpaired) electrons. The topological polar surface area (TPSA) is 80.3 Å². The van der Waals surface area contributed by atoms with Crippen LogP contribution in [-0.4, -0.2) is 29.9 Å². The second-order valence-electron chi connectivity index (χ2n) is 6.20. The van der Waals surface area contributed by atoms with Gasteiger partial charge >= 0.3 is 0 Å². The van der Waals surface area contributed by atoms with Crippen LogP contribution in [-0.2, 0) is 6.42 Å². The fraction of sp³-hybridized carbons (Fsp3) is 0.250. The molecule has 4 rings (SSSR count). The number of carbonyl (C=O) groups excluding carboxylic acids is 2. The Morgan fingerprint density at radius 1 is 1.30 bits per heavy atom. The van der Waals surface area contributed by atoms with E-state index in [9.17, 15) is 9.59 Å². The number of amides is 2. The molecule has 0 spiro atoms. The van der Waals surface area contributed by atoms with Crippen LogP contribution in [0.2, 0.25) is 0 Å². The van der Waals surface area contributed by atoms with Crippen molar-refractivity contribution < 1.29 is 14.3 Å². The molecule has 0 fully saturated rings. The molecule has 0 bridgehead atoms. The highest BCUT2D eigenvalue weighted by molar-refractivity contribution is 7.17. The minimum absolute atomic E-state index is 0.124. The number of benzene rings is 2. The van der Waals surface area contributed by atoms with Gasteiger partial charge in [0.05, 0.1) is 17.9 Å². The average Bonchev–Trinajstić information content (AvgIpc) is 2.99. The van der Waals surface area contributed by atoms with Crippen LogP contribution in [0.15, 0.2) is 36.4 Å². The van der Waals surface area contributed by atoms with Crippen molar-refractivity contribution in [3.05, 3.63) is 52.5 Å². The van der Waals surface area contributed by atoms with Gasteiger partial charge in [0.1, 0.15) is 10.6 Å². The molecule has 138 valence electrons. The van der Waals surface area contributed by atoms with E-state index in [4.69, 9.17) is 4.74 Å². The zero-order valence-corrected chi connectivity index (χ0v) is 15.7. The Morgan fingerprint density at radius 2 is 2.15 bits per heavy atom. The maximum absolute atomic E-state index is 13.1. The van der Waals surface area contributed by atoms with Gasteiger partial charge < -0.3 is 10.1 Å². The molecule has 7 heteroatoms. The maximum Gasteiger partial charge on any atom is 0.263 e. The zero-order valence-electron chi connectivity index (χ0n) is 14.9. The van der Waals surface area contributed by atoms with E-state index in [-0.39, 0.29) is 11.8 Å². The van der Waals surface area contributed by atoms with Crippen molar-refractivity contribution >= 4 is 39.1 Å². The van der Waals surface area contributed by atoms with Gasteiger partial charge in [-0.15, -0.1) is 0 Å². The molecule has 0 unspecified atom stereocenters. The van der Waals surface area contributed by atoms with Crippen molar-refractivity contribution in [1.29, 1.82) is 0 Å². The number of rotatable bonds is 4. The van der Waals surface area contributed by atoms with Gasteiger partial charge in [-0.2, -0.15) is 0 Å². The molecule has 0 aliphatic carbocycles. The Balaban J connectivity index is 1.70. The number of aromatic nitrogens is 1. The third-order valence-electron chi connectivity index (χ3n) is 4.42. The minimum Gasteiger partial charge on any atom is -0.493 e. The second kappa shape index (κ2) is 7.36. The van der Waals surface area contributed by atoms with Crippen molar-refractivity contribution in [2.24, 2.45) is 0 Å². The fourth-order valence-electron chi connectivity index (χ4n) is 3.21. The summed E-state index contributed by atoms with van der Waals surface area (Å²) in [6.45, 7) is 3.00. The number of carbonyl (C=O) groups is 2. The summed E-state index contributed by atoms with van der Waals surface area (Å²) < 4.78 is 5.68. The molecule has 2 aromatic carbocycles. The van der Waals surface area contributed by atoms with E-state index in [2.05, 4.69) is 15.6 Å². The van der Waals surface area contributed by atoms with E-state index in [0.29, 0.717) is 34.5 Å². The van der Waals surface area contributed by atoms with Crippen molar-refractivity contribution in [1.82, 2.24) is 10.3 Å². The van der Waals surface area contributed by atoms with E-state index >= 15 is 0 Å². The molecule has 0 atom stereocenters. The van der Waals surface area contributed by atoms with Crippen molar-refractivity contribution in [3.63, 3.8) is 0 Å². The number of hydrogen-bond donors (Lipinski definition) is 2. The highest BCUT2D eigenvalue weighted by atomic mass is 32.1. The molecule has 1 aliphatic rings. The van der Waals surface area contributed by atoms with Crippen LogP contribution in [0.5, 0.6) is 5.75 Å². The van der Waals surface area contributed by atoms with Crippen LogP contribution >= 0.6 is 11.3 Å².